The van der Waals surface area contributed by atoms with Gasteiger partial charge in [0.15, 0.2) is 0 Å². The van der Waals surface area contributed by atoms with Gasteiger partial charge in [-0.15, -0.1) is 0 Å². The van der Waals surface area contributed by atoms with Gasteiger partial charge in [-0.05, 0) is 36.5 Å². The Morgan fingerprint density at radius 1 is 1.28 bits per heavy atom. The first-order chi connectivity index (χ1) is 8.61. The van der Waals surface area contributed by atoms with E-state index in [9.17, 15) is 5.11 Å². The molecule has 0 heterocycles. The Kier molecular flexibility index (Phi) is 4.25. The summed E-state index contributed by atoms with van der Waals surface area (Å²) in [5.41, 5.74) is 0.855. The number of hydrogen-bond acceptors (Lipinski definition) is 3. The molecule has 1 aromatic rings. The minimum atomic E-state index is -0.613. The molecule has 18 heavy (non-hydrogen) atoms. The maximum Gasteiger partial charge on any atom is 0.120 e. The van der Waals surface area contributed by atoms with Gasteiger partial charge in [-0.1, -0.05) is 26.0 Å². The van der Waals surface area contributed by atoms with Gasteiger partial charge >= 0.3 is 0 Å². The number of methoxy groups -OCH3 is 1. The highest BCUT2D eigenvalue weighted by atomic mass is 16.5. The third-order valence-electron chi connectivity index (χ3n) is 3.27. The zero-order chi connectivity index (χ0) is 13.1. The number of aliphatic hydroxyl groups is 1. The Bertz CT molecular complexity index is 385. The number of rotatable bonds is 6. The molecule has 1 fully saturated rings. The third-order valence-corrected chi connectivity index (χ3v) is 3.27. The van der Waals surface area contributed by atoms with Crippen LogP contribution >= 0.6 is 0 Å². The zero-order valence-corrected chi connectivity index (χ0v) is 11.3. The number of benzene rings is 1. The van der Waals surface area contributed by atoms with Crippen LogP contribution in [0.5, 0.6) is 5.75 Å². The average molecular weight is 250 g/mol. The molecule has 0 saturated heterocycles. The van der Waals surface area contributed by atoms with Crippen molar-refractivity contribution in [3.63, 3.8) is 0 Å². The molecule has 2 unspecified atom stereocenters. The molecule has 1 aromatic carbocycles. The lowest BCUT2D eigenvalue weighted by Gasteiger charge is -2.25. The lowest BCUT2D eigenvalue weighted by Crippen LogP contribution is -2.26. The number of hydrogen-bond donors (Lipinski definition) is 1. The quantitative estimate of drug-likeness (QED) is 0.843. The lowest BCUT2D eigenvalue weighted by molar-refractivity contribution is -0.0391. The van der Waals surface area contributed by atoms with Crippen LogP contribution in [0.1, 0.15) is 38.4 Å². The molecule has 0 aliphatic heterocycles. The second kappa shape index (κ2) is 5.72. The predicted molar refractivity (Wildman–Crippen MR) is 70.7 cm³/mol. The van der Waals surface area contributed by atoms with Crippen molar-refractivity contribution in [1.82, 2.24) is 0 Å². The molecule has 1 aliphatic carbocycles. The molecule has 0 amide bonds. The summed E-state index contributed by atoms with van der Waals surface area (Å²) < 4.78 is 11.1. The van der Waals surface area contributed by atoms with Gasteiger partial charge in [0.25, 0.3) is 0 Å². The standard InChI is InChI=1S/C15H22O3/c1-10(2)15(17-3)14(16)11-5-4-6-13(9-11)18-12-7-8-12/h4-6,9-10,12,14-16H,7-8H2,1-3H3. The molecule has 100 valence electrons. The van der Waals surface area contributed by atoms with E-state index in [2.05, 4.69) is 0 Å². The van der Waals surface area contributed by atoms with Gasteiger partial charge in [0.1, 0.15) is 11.9 Å². The fraction of sp³-hybridized carbons (Fsp3) is 0.600. The summed E-state index contributed by atoms with van der Waals surface area (Å²) in [4.78, 5) is 0. The van der Waals surface area contributed by atoms with Crippen molar-refractivity contribution in [1.29, 1.82) is 0 Å². The SMILES string of the molecule is COC(C(C)C)C(O)c1cccc(OC2CC2)c1. The zero-order valence-electron chi connectivity index (χ0n) is 11.3. The highest BCUT2D eigenvalue weighted by molar-refractivity contribution is 5.31. The van der Waals surface area contributed by atoms with Gasteiger partial charge in [-0.25, -0.2) is 0 Å². The van der Waals surface area contributed by atoms with Crippen LogP contribution in [0.15, 0.2) is 24.3 Å². The average Bonchev–Trinajstić information content (AvgIpc) is 3.13. The highest BCUT2D eigenvalue weighted by Gasteiger charge is 2.26. The largest absolute Gasteiger partial charge is 0.490 e. The molecule has 0 bridgehead atoms. The summed E-state index contributed by atoms with van der Waals surface area (Å²) in [5, 5.41) is 10.3. The van der Waals surface area contributed by atoms with E-state index < -0.39 is 6.10 Å². The second-order valence-electron chi connectivity index (χ2n) is 5.28. The number of aliphatic hydroxyl groups excluding tert-OH is 1. The van der Waals surface area contributed by atoms with E-state index in [1.807, 2.05) is 38.1 Å². The van der Waals surface area contributed by atoms with Crippen LogP contribution in [0.3, 0.4) is 0 Å². The van der Waals surface area contributed by atoms with E-state index in [1.54, 1.807) is 7.11 Å². The van der Waals surface area contributed by atoms with Crippen molar-refractivity contribution in [3.8, 4) is 5.75 Å². The second-order valence-corrected chi connectivity index (χ2v) is 5.28. The fourth-order valence-corrected chi connectivity index (χ4v) is 2.11. The number of ether oxygens (including phenoxy) is 2. The lowest BCUT2D eigenvalue weighted by atomic mass is 9.96. The van der Waals surface area contributed by atoms with E-state index in [0.29, 0.717) is 6.10 Å². The van der Waals surface area contributed by atoms with Crippen LogP contribution in [0.4, 0.5) is 0 Å². The van der Waals surface area contributed by atoms with Crippen LogP contribution in [0.2, 0.25) is 0 Å². The highest BCUT2D eigenvalue weighted by Crippen LogP contribution is 2.30. The van der Waals surface area contributed by atoms with Gasteiger partial charge < -0.3 is 14.6 Å². The van der Waals surface area contributed by atoms with Gasteiger partial charge in [-0.3, -0.25) is 0 Å². The Hall–Kier alpha value is -1.06. The molecular weight excluding hydrogens is 228 g/mol. The maximum absolute atomic E-state index is 10.3. The van der Waals surface area contributed by atoms with Crippen molar-refractivity contribution < 1.29 is 14.6 Å². The van der Waals surface area contributed by atoms with Crippen LogP contribution in [-0.4, -0.2) is 24.4 Å². The molecule has 3 nitrogen and oxygen atoms in total. The van der Waals surface area contributed by atoms with Crippen LogP contribution in [-0.2, 0) is 4.74 Å². The van der Waals surface area contributed by atoms with Crippen LogP contribution in [0.25, 0.3) is 0 Å². The fourth-order valence-electron chi connectivity index (χ4n) is 2.11. The van der Waals surface area contributed by atoms with Crippen molar-refractivity contribution in [2.45, 2.75) is 45.0 Å². The summed E-state index contributed by atoms with van der Waals surface area (Å²) in [6.07, 6.45) is 1.85. The summed E-state index contributed by atoms with van der Waals surface area (Å²) in [6, 6.07) is 7.69. The summed E-state index contributed by atoms with van der Waals surface area (Å²) >= 11 is 0. The summed E-state index contributed by atoms with van der Waals surface area (Å²) in [7, 11) is 1.64. The molecule has 1 aliphatic rings. The molecular formula is C15H22O3. The van der Waals surface area contributed by atoms with E-state index >= 15 is 0 Å². The first kappa shape index (κ1) is 13.4. The Labute approximate surface area is 109 Å². The van der Waals surface area contributed by atoms with Crippen LogP contribution < -0.4 is 4.74 Å². The maximum atomic E-state index is 10.3. The van der Waals surface area contributed by atoms with Crippen molar-refractivity contribution in [3.05, 3.63) is 29.8 Å². The van der Waals surface area contributed by atoms with Crippen molar-refractivity contribution in [2.75, 3.05) is 7.11 Å². The van der Waals surface area contributed by atoms with Crippen molar-refractivity contribution >= 4 is 0 Å². The Morgan fingerprint density at radius 2 is 2.00 bits per heavy atom. The first-order valence-electron chi connectivity index (χ1n) is 6.59. The van der Waals surface area contributed by atoms with E-state index in [4.69, 9.17) is 9.47 Å². The summed E-state index contributed by atoms with van der Waals surface area (Å²) in [5.74, 6) is 1.10. The molecule has 2 rings (SSSR count). The third kappa shape index (κ3) is 3.24. The minimum absolute atomic E-state index is 0.193. The van der Waals surface area contributed by atoms with E-state index in [0.717, 1.165) is 24.2 Å². The predicted octanol–water partition coefficient (Wildman–Crippen LogP) is 2.93. The summed E-state index contributed by atoms with van der Waals surface area (Å²) in [6.45, 7) is 4.09. The Balaban J connectivity index is 2.10. The molecule has 2 atom stereocenters. The molecule has 1 N–H and O–H groups in total. The van der Waals surface area contributed by atoms with Crippen molar-refractivity contribution in [2.24, 2.45) is 5.92 Å². The molecule has 1 saturated carbocycles. The van der Waals surface area contributed by atoms with Gasteiger partial charge in [-0.2, -0.15) is 0 Å². The topological polar surface area (TPSA) is 38.7 Å². The minimum Gasteiger partial charge on any atom is -0.490 e. The monoisotopic (exact) mass is 250 g/mol. The van der Waals surface area contributed by atoms with Gasteiger partial charge in [0, 0.05) is 7.11 Å². The molecule has 0 spiro atoms. The van der Waals surface area contributed by atoms with Crippen LogP contribution in [0, 0.1) is 5.92 Å². The first-order valence-corrected chi connectivity index (χ1v) is 6.59. The molecule has 0 aromatic heterocycles. The van der Waals surface area contributed by atoms with E-state index in [1.165, 1.54) is 0 Å². The Morgan fingerprint density at radius 3 is 2.56 bits per heavy atom. The van der Waals surface area contributed by atoms with E-state index in [-0.39, 0.29) is 12.0 Å². The van der Waals surface area contributed by atoms with Gasteiger partial charge in [0.05, 0.1) is 12.2 Å². The van der Waals surface area contributed by atoms with Gasteiger partial charge in [0.2, 0.25) is 0 Å². The molecule has 0 radical (unpaired) electrons. The normalized spacial score (nSPS) is 18.7. The smallest absolute Gasteiger partial charge is 0.120 e. The molecule has 3 heteroatoms.